The largest absolute Gasteiger partial charge is 0.493 e. The number of aromatic nitrogens is 3. The number of hydrogen-bond donors (Lipinski definition) is 1. The highest BCUT2D eigenvalue weighted by molar-refractivity contribution is 5.44. The van der Waals surface area contributed by atoms with Crippen LogP contribution >= 0.6 is 0 Å². The first-order valence-electron chi connectivity index (χ1n) is 11.7. The molecular weight excluding hydrogens is 461 g/mol. The molecular formula is C25H25F3N4O3. The van der Waals surface area contributed by atoms with Gasteiger partial charge in [0.05, 0.1) is 29.9 Å². The van der Waals surface area contributed by atoms with Crippen molar-refractivity contribution in [1.29, 1.82) is 0 Å². The monoisotopic (exact) mass is 486 g/mol. The fraction of sp³-hybridized carbons (Fsp3) is 0.440. The minimum Gasteiger partial charge on any atom is -0.493 e. The van der Waals surface area contributed by atoms with E-state index in [1.165, 1.54) is 12.1 Å². The molecule has 3 aromatic rings. The zero-order valence-electron chi connectivity index (χ0n) is 19.1. The number of alkyl halides is 3. The topological polar surface area (TPSA) is 72.5 Å². The summed E-state index contributed by atoms with van der Waals surface area (Å²) in [4.78, 5) is 19.3. The second-order valence-corrected chi connectivity index (χ2v) is 9.63. The Bertz CT molecular complexity index is 1350. The summed E-state index contributed by atoms with van der Waals surface area (Å²) in [6.07, 6.45) is -0.572. The molecule has 1 fully saturated rings. The van der Waals surface area contributed by atoms with Crippen LogP contribution in [0.1, 0.15) is 47.5 Å². The van der Waals surface area contributed by atoms with Gasteiger partial charge in [-0.25, -0.2) is 4.98 Å². The Morgan fingerprint density at radius 1 is 1.14 bits per heavy atom. The lowest BCUT2D eigenvalue weighted by atomic mass is 9.83. The predicted octanol–water partition coefficient (Wildman–Crippen LogP) is 3.62. The zero-order valence-corrected chi connectivity index (χ0v) is 19.1. The van der Waals surface area contributed by atoms with Crippen LogP contribution in [0.4, 0.5) is 13.2 Å². The highest BCUT2D eigenvalue weighted by atomic mass is 19.4. The zero-order chi connectivity index (χ0) is 24.5. The van der Waals surface area contributed by atoms with Crippen molar-refractivity contribution in [3.63, 3.8) is 0 Å². The molecule has 1 aliphatic carbocycles. The van der Waals surface area contributed by atoms with E-state index in [1.807, 2.05) is 11.8 Å². The number of aryl methyl sites for hydroxylation is 1. The first-order chi connectivity index (χ1) is 16.7. The number of benzene rings is 1. The van der Waals surface area contributed by atoms with E-state index in [0.717, 1.165) is 24.6 Å². The summed E-state index contributed by atoms with van der Waals surface area (Å²) in [6, 6.07) is 6.94. The van der Waals surface area contributed by atoms with Crippen LogP contribution in [0, 0.1) is 12.8 Å². The number of fused-ring (bicyclic) bond motifs is 4. The van der Waals surface area contributed by atoms with Crippen molar-refractivity contribution in [2.24, 2.45) is 5.92 Å². The van der Waals surface area contributed by atoms with Gasteiger partial charge in [0.1, 0.15) is 17.7 Å². The smallest absolute Gasteiger partial charge is 0.416 e. The molecule has 4 heterocycles. The number of hydrogen-bond acceptors (Lipinski definition) is 5. The molecule has 1 aromatic carbocycles. The molecule has 2 aromatic heterocycles. The van der Waals surface area contributed by atoms with Crippen LogP contribution < -0.4 is 10.3 Å². The normalized spacial score (nSPS) is 26.1. The average Bonchev–Trinajstić information content (AvgIpc) is 3.45. The number of nitrogens with zero attached hydrogens (tertiary/aromatic N) is 4. The van der Waals surface area contributed by atoms with Crippen molar-refractivity contribution in [3.8, 4) is 11.4 Å². The van der Waals surface area contributed by atoms with Gasteiger partial charge in [-0.15, -0.1) is 0 Å². The van der Waals surface area contributed by atoms with Crippen molar-refractivity contribution in [3.05, 3.63) is 75.7 Å². The highest BCUT2D eigenvalue weighted by Gasteiger charge is 2.47. The molecule has 2 aliphatic heterocycles. The molecule has 184 valence electrons. The summed E-state index contributed by atoms with van der Waals surface area (Å²) < 4.78 is 49.4. The first-order valence-corrected chi connectivity index (χ1v) is 11.7. The number of aliphatic hydroxyl groups excluding tert-OH is 1. The Morgan fingerprint density at radius 3 is 2.71 bits per heavy atom. The van der Waals surface area contributed by atoms with Crippen LogP contribution in [-0.2, 0) is 12.7 Å². The Labute approximate surface area is 199 Å². The number of rotatable bonds is 2. The average molecular weight is 486 g/mol. The molecule has 2 unspecified atom stereocenters. The third-order valence-corrected chi connectivity index (χ3v) is 7.67. The van der Waals surface area contributed by atoms with Crippen LogP contribution in [0.2, 0.25) is 0 Å². The van der Waals surface area contributed by atoms with Crippen molar-refractivity contribution < 1.29 is 23.0 Å². The van der Waals surface area contributed by atoms with Crippen LogP contribution in [0.5, 0.6) is 5.75 Å². The third kappa shape index (κ3) is 3.58. The molecule has 0 amide bonds. The van der Waals surface area contributed by atoms with Crippen molar-refractivity contribution in [1.82, 2.24) is 19.0 Å². The SMILES string of the molecule is Cc1cn(-c2ccc3n(c2=O)CCN(C2CC[C@H]4COc5ccc(C(F)(F)F)cc5[C@H]24)C3O)cn1. The fourth-order valence-electron chi connectivity index (χ4n) is 6.03. The standard InChI is InChI=1S/C25H25F3N4O3/c1-14-11-30(13-29-14)19-5-6-20-24(34)31(8-9-32(20)23(19)33)18-4-2-15-12-35-21-7-3-16(25(26,27)28)10-17(21)22(15)18/h3,5-7,10-11,13,15,18,22,24,34H,2,4,8-9,12H2,1H3/t15-,18?,22+,24?/m0/s1. The Kier molecular flexibility index (Phi) is 5.08. The summed E-state index contributed by atoms with van der Waals surface area (Å²) in [5, 5.41) is 11.3. The van der Waals surface area contributed by atoms with Gasteiger partial charge in [0.15, 0.2) is 0 Å². The minimum absolute atomic E-state index is 0.0826. The molecule has 0 spiro atoms. The number of ether oxygens (including phenoxy) is 1. The third-order valence-electron chi connectivity index (χ3n) is 7.67. The number of imidazole rings is 1. The van der Waals surface area contributed by atoms with Gasteiger partial charge in [-0.3, -0.25) is 9.69 Å². The Morgan fingerprint density at radius 2 is 1.97 bits per heavy atom. The van der Waals surface area contributed by atoms with Crippen molar-refractivity contribution in [2.45, 2.75) is 50.7 Å². The summed E-state index contributed by atoms with van der Waals surface area (Å²) in [5.74, 6) is 0.385. The fourth-order valence-corrected chi connectivity index (χ4v) is 6.03. The van der Waals surface area contributed by atoms with Crippen molar-refractivity contribution in [2.75, 3.05) is 13.2 Å². The van der Waals surface area contributed by atoms with Crippen LogP contribution in [0.15, 0.2) is 47.7 Å². The lowest BCUT2D eigenvalue weighted by molar-refractivity contribution is -0.137. The Balaban J connectivity index is 1.34. The van der Waals surface area contributed by atoms with E-state index in [0.29, 0.717) is 42.4 Å². The number of halogens is 3. The van der Waals surface area contributed by atoms with E-state index in [2.05, 4.69) is 4.98 Å². The van der Waals surface area contributed by atoms with Crippen LogP contribution in [-0.4, -0.2) is 43.3 Å². The second kappa shape index (κ2) is 7.96. The predicted molar refractivity (Wildman–Crippen MR) is 120 cm³/mol. The molecule has 4 atom stereocenters. The number of aliphatic hydroxyl groups is 1. The van der Waals surface area contributed by atoms with Gasteiger partial charge in [-0.2, -0.15) is 13.2 Å². The van der Waals surface area contributed by atoms with Gasteiger partial charge in [-0.1, -0.05) is 0 Å². The van der Waals surface area contributed by atoms with E-state index in [9.17, 15) is 23.1 Å². The lowest BCUT2D eigenvalue weighted by Crippen LogP contribution is -2.49. The maximum atomic E-state index is 13.4. The van der Waals surface area contributed by atoms with Gasteiger partial charge in [-0.05, 0) is 55.7 Å². The highest BCUT2D eigenvalue weighted by Crippen LogP contribution is 2.51. The molecule has 1 saturated carbocycles. The molecule has 7 nitrogen and oxygen atoms in total. The molecule has 0 saturated heterocycles. The van der Waals surface area contributed by atoms with Gasteiger partial charge in [0.25, 0.3) is 5.56 Å². The summed E-state index contributed by atoms with van der Waals surface area (Å²) in [5.41, 5.74) is 1.38. The molecule has 1 N–H and O–H groups in total. The van der Waals surface area contributed by atoms with E-state index in [-0.39, 0.29) is 23.4 Å². The van der Waals surface area contributed by atoms with Gasteiger partial charge in [0, 0.05) is 37.2 Å². The van der Waals surface area contributed by atoms with E-state index in [4.69, 9.17) is 4.74 Å². The first kappa shape index (κ1) is 22.4. The van der Waals surface area contributed by atoms with Crippen LogP contribution in [0.3, 0.4) is 0 Å². The molecule has 10 heteroatoms. The summed E-state index contributed by atoms with van der Waals surface area (Å²) >= 11 is 0. The second-order valence-electron chi connectivity index (χ2n) is 9.63. The molecule has 0 bridgehead atoms. The molecule has 6 rings (SSSR count). The molecule has 0 radical (unpaired) electrons. The number of pyridine rings is 1. The molecule has 35 heavy (non-hydrogen) atoms. The summed E-state index contributed by atoms with van der Waals surface area (Å²) in [7, 11) is 0. The summed E-state index contributed by atoms with van der Waals surface area (Å²) in [6.45, 7) is 3.10. The lowest BCUT2D eigenvalue weighted by Gasteiger charge is -2.43. The van der Waals surface area contributed by atoms with Crippen LogP contribution in [0.25, 0.3) is 5.69 Å². The van der Waals surface area contributed by atoms with Gasteiger partial charge < -0.3 is 19.0 Å². The van der Waals surface area contributed by atoms with Gasteiger partial charge >= 0.3 is 6.18 Å². The molecule has 3 aliphatic rings. The minimum atomic E-state index is -4.44. The maximum absolute atomic E-state index is 13.4. The van der Waals surface area contributed by atoms with E-state index in [1.54, 1.807) is 33.8 Å². The maximum Gasteiger partial charge on any atom is 0.416 e. The van der Waals surface area contributed by atoms with Gasteiger partial charge in [0.2, 0.25) is 0 Å². The van der Waals surface area contributed by atoms with Crippen molar-refractivity contribution >= 4 is 0 Å². The van der Waals surface area contributed by atoms with E-state index >= 15 is 0 Å². The quantitative estimate of drug-likeness (QED) is 0.599. The van der Waals surface area contributed by atoms with E-state index < -0.39 is 18.0 Å². The Hall–Kier alpha value is -3.11.